The fourth-order valence-electron chi connectivity index (χ4n) is 2.68. The number of nitrogen functional groups attached to an aromatic ring is 1. The molecule has 1 aliphatic heterocycles. The molecule has 0 spiro atoms. The molecular weight excluding hydrogens is 387 g/mol. The molecule has 3 rings (SSSR count). The van der Waals surface area contributed by atoms with Crippen molar-refractivity contribution in [3.05, 3.63) is 27.1 Å². The summed E-state index contributed by atoms with van der Waals surface area (Å²) in [7, 11) is -4.72. The molecule has 2 aromatic rings. The zero-order chi connectivity index (χ0) is 19.6. The van der Waals surface area contributed by atoms with E-state index in [1.165, 1.54) is 10.9 Å². The molecule has 0 aromatic carbocycles. The molecule has 0 bridgehead atoms. The lowest BCUT2D eigenvalue weighted by molar-refractivity contribution is -0.0584. The van der Waals surface area contributed by atoms with Crippen molar-refractivity contribution in [3.63, 3.8) is 0 Å². The molecular formula is C11H15N8O7P. The third kappa shape index (κ3) is 4.43. The lowest BCUT2D eigenvalue weighted by Crippen LogP contribution is -2.28. The van der Waals surface area contributed by atoms with Gasteiger partial charge in [-0.2, -0.15) is 4.98 Å². The van der Waals surface area contributed by atoms with Gasteiger partial charge in [-0.15, -0.1) is 0 Å². The van der Waals surface area contributed by atoms with Crippen molar-refractivity contribution < 1.29 is 28.3 Å². The van der Waals surface area contributed by atoms with E-state index in [0.717, 1.165) is 0 Å². The third-order valence-corrected chi connectivity index (χ3v) is 4.24. The predicted molar refractivity (Wildman–Crippen MR) is 88.0 cm³/mol. The second-order valence-electron chi connectivity index (χ2n) is 5.49. The summed E-state index contributed by atoms with van der Waals surface area (Å²) in [5.41, 5.74) is 13.6. The first-order valence-electron chi connectivity index (χ1n) is 7.49. The molecule has 0 unspecified atom stereocenters. The van der Waals surface area contributed by atoms with Gasteiger partial charge in [-0.05, 0) is 5.53 Å². The fourth-order valence-corrected chi connectivity index (χ4v) is 3.02. The third-order valence-electron chi connectivity index (χ3n) is 3.76. The predicted octanol–water partition coefficient (Wildman–Crippen LogP) is -0.248. The molecule has 16 heteroatoms. The van der Waals surface area contributed by atoms with Crippen LogP contribution in [0.25, 0.3) is 21.6 Å². The molecule has 3 heterocycles. The van der Waals surface area contributed by atoms with E-state index in [1.807, 2.05) is 0 Å². The number of nitrogens with zero attached hydrogens (tertiary/aromatic N) is 6. The van der Waals surface area contributed by atoms with Gasteiger partial charge in [0, 0.05) is 11.3 Å². The second kappa shape index (κ2) is 7.62. The van der Waals surface area contributed by atoms with E-state index in [0.29, 0.717) is 0 Å². The van der Waals surface area contributed by atoms with Gasteiger partial charge < -0.3 is 25.0 Å². The Balaban J connectivity index is 1.85. The molecule has 5 N–H and O–H groups in total. The molecule has 0 saturated carbocycles. The van der Waals surface area contributed by atoms with Crippen LogP contribution in [0.1, 0.15) is 12.6 Å². The van der Waals surface area contributed by atoms with Crippen molar-refractivity contribution >= 4 is 24.9 Å². The first kappa shape index (κ1) is 19.3. The van der Waals surface area contributed by atoms with E-state index in [2.05, 4.69) is 29.5 Å². The quantitative estimate of drug-likeness (QED) is 0.205. The summed E-state index contributed by atoms with van der Waals surface area (Å²) >= 11 is 0. The number of anilines is 1. The normalized spacial score (nSPS) is 22.8. The minimum atomic E-state index is -4.72. The van der Waals surface area contributed by atoms with Crippen LogP contribution in [0.15, 0.2) is 16.2 Å². The van der Waals surface area contributed by atoms with Gasteiger partial charge in [-0.1, -0.05) is 5.11 Å². The standard InChI is InChI=1S/C11H15N8O7P/c12-11-16-9-8(10(20)17-11)14-3-19(9)7-1-5(24-4-15-18-13)6(26-7)2-25-27(21,22)23/h3,5-7H,1-2,4H2,(H2,21,22,23)(H3,12,16,17,20)/t5-,6-,7-/m1/s1. The largest absolute Gasteiger partial charge is 0.469 e. The Morgan fingerprint density at radius 2 is 2.37 bits per heavy atom. The van der Waals surface area contributed by atoms with Crippen molar-refractivity contribution in [2.45, 2.75) is 24.9 Å². The van der Waals surface area contributed by atoms with Crippen LogP contribution in [0.3, 0.4) is 0 Å². The summed E-state index contributed by atoms with van der Waals surface area (Å²) in [6.45, 7) is -0.774. The van der Waals surface area contributed by atoms with Crippen LogP contribution in [0.4, 0.5) is 5.95 Å². The maximum atomic E-state index is 11.9. The number of nitrogens with two attached hydrogens (primary N) is 1. The molecule has 15 nitrogen and oxygen atoms in total. The van der Waals surface area contributed by atoms with Gasteiger partial charge in [-0.3, -0.25) is 18.9 Å². The van der Waals surface area contributed by atoms with Crippen LogP contribution >= 0.6 is 7.82 Å². The number of hydrogen-bond donors (Lipinski definition) is 4. The average molecular weight is 402 g/mol. The number of aromatic amines is 1. The highest BCUT2D eigenvalue weighted by atomic mass is 31.2. The van der Waals surface area contributed by atoms with Gasteiger partial charge in [0.25, 0.3) is 5.56 Å². The van der Waals surface area contributed by atoms with E-state index < -0.39 is 38.4 Å². The van der Waals surface area contributed by atoms with Crippen LogP contribution in [0.5, 0.6) is 0 Å². The number of hydrogen-bond acceptors (Lipinski definition) is 9. The number of azide groups is 1. The molecule has 3 atom stereocenters. The first-order chi connectivity index (χ1) is 12.8. The Morgan fingerprint density at radius 3 is 3.07 bits per heavy atom. The highest BCUT2D eigenvalue weighted by molar-refractivity contribution is 7.46. The Hall–Kier alpha value is -2.51. The van der Waals surface area contributed by atoms with E-state index in [9.17, 15) is 9.36 Å². The van der Waals surface area contributed by atoms with Gasteiger partial charge in [0.05, 0.1) is 19.0 Å². The SMILES string of the molecule is [N-]=[N+]=NCO[C@@H]1C[C@H](n2cnc3c(=O)[nH]c(N)nc32)O[C@@H]1COP(=O)(O)O. The minimum Gasteiger partial charge on any atom is -0.369 e. The van der Waals surface area contributed by atoms with Crippen LogP contribution < -0.4 is 11.3 Å². The van der Waals surface area contributed by atoms with Crippen LogP contribution in [-0.2, 0) is 18.6 Å². The summed E-state index contributed by atoms with van der Waals surface area (Å²) in [5.74, 6) is -0.107. The number of imidazole rings is 1. The molecule has 146 valence electrons. The summed E-state index contributed by atoms with van der Waals surface area (Å²) in [5, 5.41) is 3.25. The van der Waals surface area contributed by atoms with Gasteiger partial charge in [-0.25, -0.2) is 9.55 Å². The van der Waals surface area contributed by atoms with Gasteiger partial charge in [0.15, 0.2) is 11.2 Å². The number of rotatable bonds is 7. The molecule has 0 aliphatic carbocycles. The van der Waals surface area contributed by atoms with Gasteiger partial charge >= 0.3 is 7.82 Å². The smallest absolute Gasteiger partial charge is 0.369 e. The monoisotopic (exact) mass is 402 g/mol. The summed E-state index contributed by atoms with van der Waals surface area (Å²) in [4.78, 5) is 42.5. The zero-order valence-corrected chi connectivity index (χ0v) is 14.5. The first-order valence-corrected chi connectivity index (χ1v) is 9.02. The highest BCUT2D eigenvalue weighted by Crippen LogP contribution is 2.39. The maximum absolute atomic E-state index is 11.9. The van der Waals surface area contributed by atoms with Crippen LogP contribution in [0, 0.1) is 0 Å². The number of fused-ring (bicyclic) bond motifs is 1. The molecule has 27 heavy (non-hydrogen) atoms. The summed E-state index contributed by atoms with van der Waals surface area (Å²) in [6, 6.07) is 0. The molecule has 1 saturated heterocycles. The number of H-pyrrole nitrogens is 1. The summed E-state index contributed by atoms with van der Waals surface area (Å²) in [6.07, 6.45) is -0.800. The Kier molecular flexibility index (Phi) is 5.43. The highest BCUT2D eigenvalue weighted by Gasteiger charge is 2.39. The minimum absolute atomic E-state index is 0.0502. The number of aromatic nitrogens is 4. The van der Waals surface area contributed by atoms with Crippen molar-refractivity contribution in [3.8, 4) is 0 Å². The fraction of sp³-hybridized carbons (Fsp3) is 0.545. The van der Waals surface area contributed by atoms with Crippen molar-refractivity contribution in [1.82, 2.24) is 19.5 Å². The van der Waals surface area contributed by atoms with Gasteiger partial charge in [0.1, 0.15) is 19.1 Å². The zero-order valence-electron chi connectivity index (χ0n) is 13.6. The Bertz CT molecular complexity index is 979. The van der Waals surface area contributed by atoms with Crippen molar-refractivity contribution in [1.29, 1.82) is 0 Å². The van der Waals surface area contributed by atoms with E-state index >= 15 is 0 Å². The average Bonchev–Trinajstić information content (AvgIpc) is 3.16. The van der Waals surface area contributed by atoms with Crippen LogP contribution in [-0.4, -0.2) is 54.9 Å². The summed E-state index contributed by atoms with van der Waals surface area (Å²) < 4.78 is 28.0. The molecule has 0 radical (unpaired) electrons. The van der Waals surface area contributed by atoms with Crippen LogP contribution in [0.2, 0.25) is 0 Å². The number of ether oxygens (including phenoxy) is 2. The van der Waals surface area contributed by atoms with Gasteiger partial charge in [0.2, 0.25) is 5.95 Å². The van der Waals surface area contributed by atoms with E-state index in [4.69, 9.17) is 30.5 Å². The molecule has 1 aliphatic rings. The number of nitrogens with one attached hydrogen (secondary N) is 1. The van der Waals surface area contributed by atoms with E-state index in [-0.39, 0.29) is 30.3 Å². The van der Waals surface area contributed by atoms with Crippen molar-refractivity contribution in [2.75, 3.05) is 19.1 Å². The topological polar surface area (TPSA) is 224 Å². The molecule has 0 amide bonds. The van der Waals surface area contributed by atoms with Crippen molar-refractivity contribution in [2.24, 2.45) is 5.11 Å². The van der Waals surface area contributed by atoms with E-state index in [1.54, 1.807) is 0 Å². The molecule has 2 aromatic heterocycles. The maximum Gasteiger partial charge on any atom is 0.469 e. The Morgan fingerprint density at radius 1 is 1.59 bits per heavy atom. The lowest BCUT2D eigenvalue weighted by atomic mass is 10.2. The molecule has 1 fully saturated rings. The number of phosphoric acid groups is 1. The lowest BCUT2D eigenvalue weighted by Gasteiger charge is -2.18. The Labute approximate surface area is 149 Å². The number of phosphoric ester groups is 1. The second-order valence-corrected chi connectivity index (χ2v) is 6.73.